The molecule has 2 unspecified atom stereocenters. The van der Waals surface area contributed by atoms with E-state index in [-0.39, 0.29) is 23.7 Å². The summed E-state index contributed by atoms with van der Waals surface area (Å²) in [7, 11) is 0. The van der Waals surface area contributed by atoms with E-state index in [1.807, 2.05) is 31.2 Å². The van der Waals surface area contributed by atoms with Gasteiger partial charge in [-0.2, -0.15) is 0 Å². The Morgan fingerprint density at radius 2 is 1.57 bits per heavy atom. The van der Waals surface area contributed by atoms with E-state index in [2.05, 4.69) is 10.6 Å². The van der Waals surface area contributed by atoms with Crippen molar-refractivity contribution in [2.24, 2.45) is 11.8 Å². The summed E-state index contributed by atoms with van der Waals surface area (Å²) in [4.78, 5) is 24.3. The Morgan fingerprint density at radius 1 is 0.957 bits per heavy atom. The van der Waals surface area contributed by atoms with Crippen LogP contribution in [0.2, 0.25) is 5.02 Å². The predicted molar refractivity (Wildman–Crippen MR) is 91.5 cm³/mol. The number of hydrogen-bond acceptors (Lipinski definition) is 2. The van der Waals surface area contributed by atoms with Gasteiger partial charge in [-0.1, -0.05) is 35.4 Å². The van der Waals surface area contributed by atoms with Gasteiger partial charge in [0.25, 0.3) is 0 Å². The van der Waals surface area contributed by atoms with Crippen LogP contribution in [0.1, 0.15) is 12.0 Å². The highest BCUT2D eigenvalue weighted by Gasteiger charge is 2.48. The van der Waals surface area contributed by atoms with E-state index in [1.54, 1.807) is 24.3 Å². The van der Waals surface area contributed by atoms with E-state index in [0.29, 0.717) is 17.1 Å². The molecule has 2 aromatic rings. The summed E-state index contributed by atoms with van der Waals surface area (Å²) in [5, 5.41) is 6.21. The number of hydrogen-bond donors (Lipinski definition) is 2. The summed E-state index contributed by atoms with van der Waals surface area (Å²) >= 11 is 5.89. The van der Waals surface area contributed by atoms with Crippen molar-refractivity contribution < 1.29 is 9.59 Å². The van der Waals surface area contributed by atoms with Gasteiger partial charge in [0.1, 0.15) is 0 Å². The summed E-state index contributed by atoms with van der Waals surface area (Å²) in [5.41, 5.74) is 2.53. The lowest BCUT2D eigenvalue weighted by atomic mass is 10.2. The van der Waals surface area contributed by atoms with E-state index in [1.165, 1.54) is 0 Å². The quantitative estimate of drug-likeness (QED) is 0.895. The molecule has 1 aliphatic rings. The number of aryl methyl sites for hydroxylation is 1. The number of nitrogens with one attached hydrogen (secondary N) is 2. The molecule has 2 N–H and O–H groups in total. The van der Waals surface area contributed by atoms with Gasteiger partial charge in [-0.15, -0.1) is 0 Å². The average molecular weight is 329 g/mol. The van der Waals surface area contributed by atoms with E-state index < -0.39 is 0 Å². The Kier molecular flexibility index (Phi) is 4.35. The maximum absolute atomic E-state index is 12.2. The SMILES string of the molecule is Cc1ccc(NC(=O)C2CC2C(=O)Nc2cccc(Cl)c2)cc1. The van der Waals surface area contributed by atoms with Crippen molar-refractivity contribution in [3.05, 3.63) is 59.1 Å². The molecular formula is C18H17ClN2O2. The Hall–Kier alpha value is -2.33. The van der Waals surface area contributed by atoms with Crippen LogP contribution in [-0.4, -0.2) is 11.8 Å². The number of halogens is 1. The van der Waals surface area contributed by atoms with Gasteiger partial charge in [0.15, 0.2) is 0 Å². The second kappa shape index (κ2) is 6.42. The average Bonchev–Trinajstić information content (AvgIpc) is 3.30. The standard InChI is InChI=1S/C18H17ClN2O2/c1-11-5-7-13(8-6-11)20-17(22)15-10-16(15)18(23)21-14-4-2-3-12(19)9-14/h2-9,15-16H,10H2,1H3,(H,20,22)(H,21,23). The highest BCUT2D eigenvalue weighted by Crippen LogP contribution is 2.40. The molecule has 0 aliphatic heterocycles. The Labute approximate surface area is 139 Å². The smallest absolute Gasteiger partial charge is 0.228 e. The lowest BCUT2D eigenvalue weighted by Gasteiger charge is -2.06. The molecule has 0 heterocycles. The van der Waals surface area contributed by atoms with Gasteiger partial charge in [0.05, 0.1) is 11.8 Å². The van der Waals surface area contributed by atoms with Crippen LogP contribution in [0.25, 0.3) is 0 Å². The minimum absolute atomic E-state index is 0.111. The zero-order valence-electron chi connectivity index (χ0n) is 12.7. The van der Waals surface area contributed by atoms with E-state index >= 15 is 0 Å². The fraction of sp³-hybridized carbons (Fsp3) is 0.222. The number of rotatable bonds is 4. The molecule has 23 heavy (non-hydrogen) atoms. The fourth-order valence-corrected chi connectivity index (χ4v) is 2.64. The van der Waals surface area contributed by atoms with E-state index in [9.17, 15) is 9.59 Å². The van der Waals surface area contributed by atoms with Crippen LogP contribution in [0.15, 0.2) is 48.5 Å². The largest absolute Gasteiger partial charge is 0.326 e. The predicted octanol–water partition coefficient (Wildman–Crippen LogP) is 3.86. The van der Waals surface area contributed by atoms with Crippen molar-refractivity contribution in [3.63, 3.8) is 0 Å². The molecule has 0 aromatic heterocycles. The second-order valence-corrected chi connectivity index (χ2v) is 6.24. The van der Waals surface area contributed by atoms with Crippen molar-refractivity contribution in [1.29, 1.82) is 0 Å². The zero-order chi connectivity index (χ0) is 16.4. The van der Waals surface area contributed by atoms with Gasteiger partial charge in [-0.3, -0.25) is 9.59 Å². The molecule has 2 atom stereocenters. The van der Waals surface area contributed by atoms with Gasteiger partial charge < -0.3 is 10.6 Å². The summed E-state index contributed by atoms with van der Waals surface area (Å²) < 4.78 is 0. The molecule has 1 saturated carbocycles. The van der Waals surface area contributed by atoms with Crippen LogP contribution in [0, 0.1) is 18.8 Å². The summed E-state index contributed by atoms with van der Waals surface area (Å²) in [6.07, 6.45) is 0.574. The number of carbonyl (C=O) groups excluding carboxylic acids is 2. The van der Waals surface area contributed by atoms with Crippen LogP contribution in [0.3, 0.4) is 0 Å². The summed E-state index contributed by atoms with van der Waals surface area (Å²) in [5.74, 6) is -0.800. The third-order valence-corrected chi connectivity index (χ3v) is 4.11. The summed E-state index contributed by atoms with van der Waals surface area (Å²) in [6.45, 7) is 1.99. The molecule has 4 nitrogen and oxygen atoms in total. The third kappa shape index (κ3) is 3.90. The van der Waals surface area contributed by atoms with Crippen molar-refractivity contribution in [2.75, 3.05) is 10.6 Å². The third-order valence-electron chi connectivity index (χ3n) is 3.88. The first-order valence-electron chi connectivity index (χ1n) is 7.47. The molecule has 1 aliphatic carbocycles. The van der Waals surface area contributed by atoms with Crippen LogP contribution < -0.4 is 10.6 Å². The maximum atomic E-state index is 12.2. The molecule has 0 bridgehead atoms. The van der Waals surface area contributed by atoms with Gasteiger partial charge >= 0.3 is 0 Å². The van der Waals surface area contributed by atoms with E-state index in [0.717, 1.165) is 11.3 Å². The number of carbonyl (C=O) groups is 2. The lowest BCUT2D eigenvalue weighted by Crippen LogP contribution is -2.20. The minimum atomic E-state index is -0.278. The van der Waals surface area contributed by atoms with Crippen molar-refractivity contribution in [2.45, 2.75) is 13.3 Å². The van der Waals surface area contributed by atoms with Crippen molar-refractivity contribution in [3.8, 4) is 0 Å². The molecule has 0 radical (unpaired) electrons. The normalized spacial score (nSPS) is 19.0. The zero-order valence-corrected chi connectivity index (χ0v) is 13.4. The first-order chi connectivity index (χ1) is 11.0. The maximum Gasteiger partial charge on any atom is 0.228 e. The summed E-state index contributed by atoms with van der Waals surface area (Å²) in [6, 6.07) is 14.6. The highest BCUT2D eigenvalue weighted by molar-refractivity contribution is 6.30. The molecule has 1 fully saturated rings. The van der Waals surface area contributed by atoms with Gasteiger partial charge in [0, 0.05) is 16.4 Å². The highest BCUT2D eigenvalue weighted by atomic mass is 35.5. The van der Waals surface area contributed by atoms with Crippen LogP contribution in [-0.2, 0) is 9.59 Å². The Balaban J connectivity index is 1.55. The number of benzene rings is 2. The Bertz CT molecular complexity index is 743. The van der Waals surface area contributed by atoms with Gasteiger partial charge in [0.2, 0.25) is 11.8 Å². The monoisotopic (exact) mass is 328 g/mol. The van der Waals surface area contributed by atoms with E-state index in [4.69, 9.17) is 11.6 Å². The topological polar surface area (TPSA) is 58.2 Å². The fourth-order valence-electron chi connectivity index (χ4n) is 2.45. The first-order valence-corrected chi connectivity index (χ1v) is 7.85. The van der Waals surface area contributed by atoms with Crippen LogP contribution in [0.4, 0.5) is 11.4 Å². The molecule has 2 amide bonds. The second-order valence-electron chi connectivity index (χ2n) is 5.80. The molecule has 0 saturated heterocycles. The van der Waals surface area contributed by atoms with Crippen molar-refractivity contribution >= 4 is 34.8 Å². The Morgan fingerprint density at radius 3 is 2.17 bits per heavy atom. The van der Waals surface area contributed by atoms with Crippen LogP contribution in [0.5, 0.6) is 0 Å². The molecule has 2 aromatic carbocycles. The van der Waals surface area contributed by atoms with Gasteiger partial charge in [-0.05, 0) is 43.7 Å². The minimum Gasteiger partial charge on any atom is -0.326 e. The number of anilines is 2. The number of amides is 2. The first kappa shape index (κ1) is 15.6. The lowest BCUT2D eigenvalue weighted by molar-refractivity contribution is -0.122. The van der Waals surface area contributed by atoms with Crippen molar-refractivity contribution in [1.82, 2.24) is 0 Å². The molecular weight excluding hydrogens is 312 g/mol. The van der Waals surface area contributed by atoms with Gasteiger partial charge in [-0.25, -0.2) is 0 Å². The molecule has 118 valence electrons. The van der Waals surface area contributed by atoms with Crippen LogP contribution >= 0.6 is 11.6 Å². The molecule has 0 spiro atoms. The molecule has 3 rings (SSSR count). The molecule has 5 heteroatoms.